The summed E-state index contributed by atoms with van der Waals surface area (Å²) >= 11 is 0. The van der Waals surface area contributed by atoms with Crippen molar-refractivity contribution in [3.8, 4) is 0 Å². The summed E-state index contributed by atoms with van der Waals surface area (Å²) in [4.78, 5) is 2.46. The molecule has 1 saturated heterocycles. The molecule has 5 heteroatoms. The number of halogens is 1. The zero-order valence-electron chi connectivity index (χ0n) is 17.9. The van der Waals surface area contributed by atoms with Crippen molar-refractivity contribution < 1.29 is 13.7 Å². The van der Waals surface area contributed by atoms with Crippen LogP contribution >= 0.6 is 0 Å². The fourth-order valence-electron chi connectivity index (χ4n) is 4.21. The third-order valence-electron chi connectivity index (χ3n) is 6.03. The van der Waals surface area contributed by atoms with Gasteiger partial charge in [0.2, 0.25) is 0 Å². The third-order valence-corrected chi connectivity index (χ3v) is 6.03. The SMILES string of the molecule is Cc1cc(C[C@@H]2COC[C@H]2N(Cc2ccc(F)cc2)Cc2ccc(C)c(C)c2)on1. The van der Waals surface area contributed by atoms with E-state index in [0.717, 1.165) is 36.5 Å². The van der Waals surface area contributed by atoms with Crippen molar-refractivity contribution in [1.29, 1.82) is 0 Å². The van der Waals surface area contributed by atoms with E-state index in [1.165, 1.54) is 28.8 Å². The quantitative estimate of drug-likeness (QED) is 0.552. The van der Waals surface area contributed by atoms with Crippen molar-refractivity contribution in [1.82, 2.24) is 10.1 Å². The first-order valence-corrected chi connectivity index (χ1v) is 10.5. The lowest BCUT2D eigenvalue weighted by atomic mass is 9.95. The molecule has 158 valence electrons. The zero-order valence-corrected chi connectivity index (χ0v) is 17.9. The number of nitrogens with zero attached hydrogens (tertiary/aromatic N) is 2. The van der Waals surface area contributed by atoms with Crippen molar-refractivity contribution in [3.63, 3.8) is 0 Å². The summed E-state index contributed by atoms with van der Waals surface area (Å²) in [6.45, 7) is 9.18. The monoisotopic (exact) mass is 408 g/mol. The summed E-state index contributed by atoms with van der Waals surface area (Å²) in [5, 5.41) is 4.03. The first-order chi connectivity index (χ1) is 14.5. The molecule has 0 bridgehead atoms. The van der Waals surface area contributed by atoms with Gasteiger partial charge >= 0.3 is 0 Å². The van der Waals surface area contributed by atoms with Crippen LogP contribution < -0.4 is 0 Å². The second kappa shape index (κ2) is 9.11. The Bertz CT molecular complexity index is 983. The van der Waals surface area contributed by atoms with E-state index in [0.29, 0.717) is 19.1 Å². The zero-order chi connectivity index (χ0) is 21.1. The Labute approximate surface area is 177 Å². The highest BCUT2D eigenvalue weighted by Gasteiger charge is 2.34. The Morgan fingerprint density at radius 1 is 0.933 bits per heavy atom. The van der Waals surface area contributed by atoms with Gasteiger partial charge in [-0.05, 0) is 55.2 Å². The van der Waals surface area contributed by atoms with E-state index < -0.39 is 0 Å². The number of rotatable bonds is 7. The van der Waals surface area contributed by atoms with Gasteiger partial charge < -0.3 is 9.26 Å². The van der Waals surface area contributed by atoms with Crippen LogP contribution in [0.3, 0.4) is 0 Å². The summed E-state index contributed by atoms with van der Waals surface area (Å²) in [6.07, 6.45) is 0.804. The molecule has 0 amide bonds. The molecule has 2 atom stereocenters. The molecule has 0 radical (unpaired) electrons. The average Bonchev–Trinajstić information content (AvgIpc) is 3.35. The molecular formula is C25H29FN2O2. The van der Waals surface area contributed by atoms with Crippen molar-refractivity contribution >= 4 is 0 Å². The van der Waals surface area contributed by atoms with Gasteiger partial charge in [0, 0.05) is 37.5 Å². The molecule has 1 fully saturated rings. The lowest BCUT2D eigenvalue weighted by molar-refractivity contribution is 0.127. The Kier molecular flexibility index (Phi) is 6.30. The first-order valence-electron chi connectivity index (χ1n) is 10.5. The van der Waals surface area contributed by atoms with Crippen molar-refractivity contribution in [2.75, 3.05) is 13.2 Å². The van der Waals surface area contributed by atoms with Gasteiger partial charge in [0.15, 0.2) is 0 Å². The molecule has 1 aromatic heterocycles. The van der Waals surface area contributed by atoms with E-state index in [1.54, 1.807) is 0 Å². The van der Waals surface area contributed by atoms with Gasteiger partial charge in [-0.3, -0.25) is 4.90 Å². The van der Waals surface area contributed by atoms with Crippen LogP contribution in [0.4, 0.5) is 4.39 Å². The smallest absolute Gasteiger partial charge is 0.137 e. The maximum atomic E-state index is 13.4. The van der Waals surface area contributed by atoms with Gasteiger partial charge in [-0.15, -0.1) is 0 Å². The average molecular weight is 409 g/mol. The molecule has 3 aromatic rings. The minimum absolute atomic E-state index is 0.206. The lowest BCUT2D eigenvalue weighted by Crippen LogP contribution is -2.40. The second-order valence-corrected chi connectivity index (χ2v) is 8.45. The van der Waals surface area contributed by atoms with Gasteiger partial charge in [0.1, 0.15) is 11.6 Å². The summed E-state index contributed by atoms with van der Waals surface area (Å²) < 4.78 is 24.8. The molecule has 1 aliphatic rings. The van der Waals surface area contributed by atoms with E-state index >= 15 is 0 Å². The number of aromatic nitrogens is 1. The van der Waals surface area contributed by atoms with Crippen LogP contribution in [0.1, 0.15) is 33.7 Å². The summed E-state index contributed by atoms with van der Waals surface area (Å²) in [5.74, 6) is 1.02. The number of aryl methyl sites for hydroxylation is 3. The molecule has 1 aliphatic heterocycles. The fourth-order valence-corrected chi connectivity index (χ4v) is 4.21. The van der Waals surface area contributed by atoms with Gasteiger partial charge in [-0.1, -0.05) is 35.5 Å². The Balaban J connectivity index is 1.57. The van der Waals surface area contributed by atoms with Crippen molar-refractivity contribution in [3.05, 3.63) is 88.1 Å². The van der Waals surface area contributed by atoms with E-state index in [1.807, 2.05) is 25.1 Å². The molecule has 2 aromatic carbocycles. The number of ether oxygens (including phenoxy) is 1. The molecule has 4 rings (SSSR count). The lowest BCUT2D eigenvalue weighted by Gasteiger charge is -2.32. The normalized spacial score (nSPS) is 19.0. The third kappa shape index (κ3) is 4.97. The highest BCUT2D eigenvalue weighted by atomic mass is 19.1. The predicted octanol–water partition coefficient (Wildman–Crippen LogP) is 5.00. The fraction of sp³-hybridized carbons (Fsp3) is 0.400. The number of benzene rings is 2. The minimum Gasteiger partial charge on any atom is -0.379 e. The molecular weight excluding hydrogens is 379 g/mol. The van der Waals surface area contributed by atoms with E-state index in [2.05, 4.69) is 42.1 Å². The molecule has 0 aliphatic carbocycles. The van der Waals surface area contributed by atoms with Crippen LogP contribution in [0.2, 0.25) is 0 Å². The molecule has 0 spiro atoms. The highest BCUT2D eigenvalue weighted by molar-refractivity contribution is 5.30. The van der Waals surface area contributed by atoms with E-state index in [4.69, 9.17) is 9.26 Å². The molecule has 0 N–H and O–H groups in total. The summed E-state index contributed by atoms with van der Waals surface area (Å²) in [7, 11) is 0. The van der Waals surface area contributed by atoms with Gasteiger partial charge in [0.05, 0.1) is 18.9 Å². The number of hydrogen-bond donors (Lipinski definition) is 0. The molecule has 0 unspecified atom stereocenters. The molecule has 30 heavy (non-hydrogen) atoms. The van der Waals surface area contributed by atoms with E-state index in [-0.39, 0.29) is 11.9 Å². The molecule has 4 nitrogen and oxygen atoms in total. The topological polar surface area (TPSA) is 38.5 Å². The van der Waals surface area contributed by atoms with Gasteiger partial charge in [0.25, 0.3) is 0 Å². The molecule has 0 saturated carbocycles. The van der Waals surface area contributed by atoms with Crippen LogP contribution in [0.25, 0.3) is 0 Å². The Hall–Kier alpha value is -2.50. The van der Waals surface area contributed by atoms with Crippen LogP contribution in [-0.4, -0.2) is 29.3 Å². The maximum Gasteiger partial charge on any atom is 0.137 e. The summed E-state index contributed by atoms with van der Waals surface area (Å²) in [6, 6.07) is 15.7. The highest BCUT2D eigenvalue weighted by Crippen LogP contribution is 2.27. The maximum absolute atomic E-state index is 13.4. The number of hydrogen-bond acceptors (Lipinski definition) is 4. The second-order valence-electron chi connectivity index (χ2n) is 8.45. The van der Waals surface area contributed by atoms with Crippen molar-refractivity contribution in [2.24, 2.45) is 5.92 Å². The Morgan fingerprint density at radius 2 is 1.67 bits per heavy atom. The Morgan fingerprint density at radius 3 is 2.37 bits per heavy atom. The minimum atomic E-state index is -0.206. The summed E-state index contributed by atoms with van der Waals surface area (Å²) in [5.41, 5.74) is 5.87. The first kappa shape index (κ1) is 20.8. The van der Waals surface area contributed by atoms with Crippen molar-refractivity contribution in [2.45, 2.75) is 46.3 Å². The van der Waals surface area contributed by atoms with Crippen LogP contribution in [0.5, 0.6) is 0 Å². The van der Waals surface area contributed by atoms with E-state index in [9.17, 15) is 4.39 Å². The largest absolute Gasteiger partial charge is 0.379 e. The van der Waals surface area contributed by atoms with Gasteiger partial charge in [-0.2, -0.15) is 0 Å². The standard InChI is InChI=1S/C25H29FN2O2/c1-17-4-5-21(10-18(17)2)14-28(13-20-6-8-23(26)9-7-20)25-16-29-15-22(25)12-24-11-19(3)27-30-24/h4-11,22,25H,12-16H2,1-3H3/t22-,25-/m1/s1. The van der Waals surface area contributed by atoms with Crippen LogP contribution in [-0.2, 0) is 24.2 Å². The van der Waals surface area contributed by atoms with Gasteiger partial charge in [-0.25, -0.2) is 4.39 Å². The molecule has 2 heterocycles. The predicted molar refractivity (Wildman–Crippen MR) is 115 cm³/mol. The van der Waals surface area contributed by atoms with Crippen LogP contribution in [0.15, 0.2) is 53.1 Å². The van der Waals surface area contributed by atoms with Crippen LogP contribution in [0, 0.1) is 32.5 Å².